The Balaban J connectivity index is 2.59. The molecule has 0 aromatic carbocycles. The van der Waals surface area contributed by atoms with Crippen LogP contribution in [0.3, 0.4) is 0 Å². The van der Waals surface area contributed by atoms with Crippen molar-refractivity contribution in [2.24, 2.45) is 5.73 Å². The van der Waals surface area contributed by atoms with Crippen molar-refractivity contribution in [2.75, 3.05) is 26.7 Å². The van der Waals surface area contributed by atoms with Gasteiger partial charge in [0.25, 0.3) is 0 Å². The van der Waals surface area contributed by atoms with Crippen molar-refractivity contribution < 1.29 is 9.53 Å². The number of hydrogen-bond acceptors (Lipinski definition) is 4. The SMILES string of the molecule is CN1CCCC(CN)(NC(=O)OC(C)(C)C)C1. The molecule has 0 aromatic heterocycles. The second-order valence-corrected chi connectivity index (χ2v) is 5.95. The van der Waals surface area contributed by atoms with Gasteiger partial charge in [-0.25, -0.2) is 4.79 Å². The summed E-state index contributed by atoms with van der Waals surface area (Å²) in [5.41, 5.74) is 5.01. The Morgan fingerprint density at radius 1 is 1.53 bits per heavy atom. The molecule has 1 aliphatic rings. The molecule has 1 rings (SSSR count). The number of carbonyl (C=O) groups is 1. The van der Waals surface area contributed by atoms with E-state index in [2.05, 4.69) is 10.2 Å². The molecule has 1 unspecified atom stereocenters. The second-order valence-electron chi connectivity index (χ2n) is 5.95. The number of nitrogens with two attached hydrogens (primary N) is 1. The molecule has 17 heavy (non-hydrogen) atoms. The predicted molar refractivity (Wildman–Crippen MR) is 67.9 cm³/mol. The summed E-state index contributed by atoms with van der Waals surface area (Å²) in [6, 6.07) is 0. The summed E-state index contributed by atoms with van der Waals surface area (Å²) in [4.78, 5) is 14.0. The molecule has 0 spiro atoms. The van der Waals surface area contributed by atoms with Gasteiger partial charge in [-0.2, -0.15) is 0 Å². The van der Waals surface area contributed by atoms with Crippen molar-refractivity contribution in [3.8, 4) is 0 Å². The van der Waals surface area contributed by atoms with Crippen LogP contribution in [0.2, 0.25) is 0 Å². The summed E-state index contributed by atoms with van der Waals surface area (Å²) >= 11 is 0. The molecule has 1 saturated heterocycles. The average Bonchev–Trinajstić information content (AvgIpc) is 2.14. The maximum atomic E-state index is 11.8. The lowest BCUT2D eigenvalue weighted by Gasteiger charge is -2.41. The van der Waals surface area contributed by atoms with Gasteiger partial charge in [0.05, 0.1) is 5.54 Å². The first kappa shape index (κ1) is 14.3. The van der Waals surface area contributed by atoms with Gasteiger partial charge in [0.15, 0.2) is 0 Å². The van der Waals surface area contributed by atoms with E-state index >= 15 is 0 Å². The van der Waals surface area contributed by atoms with E-state index in [-0.39, 0.29) is 11.6 Å². The molecule has 1 amide bonds. The molecule has 0 bridgehead atoms. The Labute approximate surface area is 104 Å². The van der Waals surface area contributed by atoms with Gasteiger partial charge in [-0.15, -0.1) is 0 Å². The van der Waals surface area contributed by atoms with E-state index in [9.17, 15) is 4.79 Å². The first-order chi connectivity index (χ1) is 7.76. The summed E-state index contributed by atoms with van der Waals surface area (Å²) in [6.45, 7) is 7.84. The van der Waals surface area contributed by atoms with E-state index in [1.54, 1.807) is 0 Å². The molecule has 1 aliphatic heterocycles. The summed E-state index contributed by atoms with van der Waals surface area (Å²) in [5, 5.41) is 2.94. The number of amides is 1. The zero-order valence-corrected chi connectivity index (χ0v) is 11.4. The van der Waals surface area contributed by atoms with Crippen LogP contribution >= 0.6 is 0 Å². The molecule has 5 nitrogen and oxygen atoms in total. The van der Waals surface area contributed by atoms with Gasteiger partial charge in [-0.3, -0.25) is 0 Å². The van der Waals surface area contributed by atoms with Crippen molar-refractivity contribution in [2.45, 2.75) is 44.8 Å². The van der Waals surface area contributed by atoms with Crippen LogP contribution in [0.4, 0.5) is 4.79 Å². The molecule has 1 heterocycles. The summed E-state index contributed by atoms with van der Waals surface area (Å²) in [7, 11) is 2.04. The third-order valence-electron chi connectivity index (χ3n) is 2.92. The molecule has 0 aliphatic carbocycles. The summed E-state index contributed by atoms with van der Waals surface area (Å²) < 4.78 is 5.28. The van der Waals surface area contributed by atoms with E-state index < -0.39 is 5.60 Å². The maximum Gasteiger partial charge on any atom is 0.408 e. The number of carbonyl (C=O) groups excluding carboxylic acids is 1. The molecular weight excluding hydrogens is 218 g/mol. The summed E-state index contributed by atoms with van der Waals surface area (Å²) in [6.07, 6.45) is 1.58. The third-order valence-corrected chi connectivity index (χ3v) is 2.92. The topological polar surface area (TPSA) is 67.6 Å². The minimum Gasteiger partial charge on any atom is -0.444 e. The van der Waals surface area contributed by atoms with Crippen LogP contribution in [0.5, 0.6) is 0 Å². The lowest BCUT2D eigenvalue weighted by atomic mass is 9.89. The highest BCUT2D eigenvalue weighted by Crippen LogP contribution is 2.20. The van der Waals surface area contributed by atoms with Crippen molar-refractivity contribution in [3.63, 3.8) is 0 Å². The fourth-order valence-corrected chi connectivity index (χ4v) is 2.20. The van der Waals surface area contributed by atoms with Gasteiger partial charge in [0.2, 0.25) is 0 Å². The molecule has 5 heteroatoms. The molecular formula is C12H25N3O2. The Morgan fingerprint density at radius 2 is 2.18 bits per heavy atom. The van der Waals surface area contributed by atoms with Gasteiger partial charge < -0.3 is 20.7 Å². The van der Waals surface area contributed by atoms with E-state index in [1.165, 1.54) is 0 Å². The number of ether oxygens (including phenoxy) is 1. The number of alkyl carbamates (subject to hydrolysis) is 1. The number of likely N-dealkylation sites (tertiary alicyclic amines) is 1. The number of likely N-dealkylation sites (N-methyl/N-ethyl adjacent to an activating group) is 1. The van der Waals surface area contributed by atoms with Gasteiger partial charge in [0.1, 0.15) is 5.60 Å². The van der Waals surface area contributed by atoms with E-state index in [0.29, 0.717) is 6.54 Å². The smallest absolute Gasteiger partial charge is 0.408 e. The Morgan fingerprint density at radius 3 is 2.65 bits per heavy atom. The molecule has 0 aromatic rings. The highest BCUT2D eigenvalue weighted by atomic mass is 16.6. The standard InChI is InChI=1S/C12H25N3O2/c1-11(2,3)17-10(16)14-12(8-13)6-5-7-15(4)9-12/h5-9,13H2,1-4H3,(H,14,16). The minimum atomic E-state index is -0.472. The van der Waals surface area contributed by atoms with Crippen molar-refractivity contribution in [1.29, 1.82) is 0 Å². The first-order valence-corrected chi connectivity index (χ1v) is 6.16. The lowest BCUT2D eigenvalue weighted by Crippen LogP contribution is -2.62. The van der Waals surface area contributed by atoms with E-state index in [0.717, 1.165) is 25.9 Å². The fraction of sp³-hybridized carbons (Fsp3) is 0.917. The number of nitrogens with zero attached hydrogens (tertiary/aromatic N) is 1. The van der Waals surface area contributed by atoms with Crippen molar-refractivity contribution in [3.05, 3.63) is 0 Å². The highest BCUT2D eigenvalue weighted by molar-refractivity contribution is 5.69. The number of hydrogen-bond donors (Lipinski definition) is 2. The monoisotopic (exact) mass is 243 g/mol. The fourth-order valence-electron chi connectivity index (χ4n) is 2.20. The van der Waals surface area contributed by atoms with E-state index in [1.807, 2.05) is 27.8 Å². The van der Waals surface area contributed by atoms with Crippen LogP contribution < -0.4 is 11.1 Å². The van der Waals surface area contributed by atoms with E-state index in [4.69, 9.17) is 10.5 Å². The highest BCUT2D eigenvalue weighted by Gasteiger charge is 2.35. The van der Waals surface area contributed by atoms with Crippen molar-refractivity contribution in [1.82, 2.24) is 10.2 Å². The normalized spacial score (nSPS) is 26.6. The first-order valence-electron chi connectivity index (χ1n) is 6.16. The summed E-state index contributed by atoms with van der Waals surface area (Å²) in [5.74, 6) is 0. The van der Waals surface area contributed by atoms with Crippen LogP contribution in [0.1, 0.15) is 33.6 Å². The van der Waals surface area contributed by atoms with Crippen LogP contribution in [0, 0.1) is 0 Å². The number of piperidine rings is 1. The molecule has 0 saturated carbocycles. The number of nitrogens with one attached hydrogen (secondary N) is 1. The molecule has 0 radical (unpaired) electrons. The van der Waals surface area contributed by atoms with Crippen LogP contribution in [0.25, 0.3) is 0 Å². The van der Waals surface area contributed by atoms with Gasteiger partial charge in [0, 0.05) is 13.1 Å². The van der Waals surface area contributed by atoms with Crippen LogP contribution in [-0.2, 0) is 4.74 Å². The zero-order chi connectivity index (χ0) is 13.1. The van der Waals surface area contributed by atoms with Gasteiger partial charge in [-0.1, -0.05) is 0 Å². The zero-order valence-electron chi connectivity index (χ0n) is 11.4. The largest absolute Gasteiger partial charge is 0.444 e. The Bertz CT molecular complexity index is 275. The number of rotatable bonds is 2. The second kappa shape index (κ2) is 5.23. The average molecular weight is 243 g/mol. The molecule has 3 N–H and O–H groups in total. The Hall–Kier alpha value is -0.810. The minimum absolute atomic E-state index is 0.338. The Kier molecular flexibility index (Phi) is 4.38. The van der Waals surface area contributed by atoms with Crippen LogP contribution in [-0.4, -0.2) is 48.8 Å². The molecule has 1 atom stereocenters. The van der Waals surface area contributed by atoms with Gasteiger partial charge >= 0.3 is 6.09 Å². The van der Waals surface area contributed by atoms with Crippen molar-refractivity contribution >= 4 is 6.09 Å². The molecule has 1 fully saturated rings. The third kappa shape index (κ3) is 4.52. The predicted octanol–water partition coefficient (Wildman–Crippen LogP) is 0.934. The lowest BCUT2D eigenvalue weighted by molar-refractivity contribution is 0.0393. The van der Waals surface area contributed by atoms with Gasteiger partial charge in [-0.05, 0) is 47.2 Å². The van der Waals surface area contributed by atoms with Crippen LogP contribution in [0.15, 0.2) is 0 Å². The molecule has 100 valence electrons. The quantitative estimate of drug-likeness (QED) is 0.757. The maximum absolute atomic E-state index is 11.8.